The maximum atomic E-state index is 12.3. The van der Waals surface area contributed by atoms with Gasteiger partial charge in [-0.05, 0) is 30.6 Å². The molecule has 0 radical (unpaired) electrons. The topological polar surface area (TPSA) is 26.3 Å². The maximum absolute atomic E-state index is 12.3. The third-order valence-electron chi connectivity index (χ3n) is 3.51. The molecule has 0 bridgehead atoms. The van der Waals surface area contributed by atoms with E-state index in [1.807, 2.05) is 0 Å². The first kappa shape index (κ1) is 12.7. The zero-order valence-electron chi connectivity index (χ0n) is 10.7. The summed E-state index contributed by atoms with van der Waals surface area (Å²) in [7, 11) is 1.68. The predicted molar refractivity (Wildman–Crippen MR) is 61.8 cm³/mol. The zero-order valence-corrected chi connectivity index (χ0v) is 10.7. The van der Waals surface area contributed by atoms with E-state index in [0.29, 0.717) is 18.1 Å². The summed E-state index contributed by atoms with van der Waals surface area (Å²) in [6.07, 6.45) is 3.75. The lowest BCUT2D eigenvalue weighted by atomic mass is 9.79. The molecule has 1 rings (SSSR count). The first-order chi connectivity index (χ1) is 6.82. The summed E-state index contributed by atoms with van der Waals surface area (Å²) in [5.41, 5.74) is -0.418. The van der Waals surface area contributed by atoms with E-state index < -0.39 is 5.60 Å². The standard InChI is InChI=1S/C13H24O2/c1-10-7-6-8-13(10,15-5)11(14)9-12(2,3)4/h10H,6-9H2,1-5H3. The van der Waals surface area contributed by atoms with E-state index in [1.165, 1.54) is 0 Å². The van der Waals surface area contributed by atoms with Gasteiger partial charge in [-0.2, -0.15) is 0 Å². The minimum absolute atomic E-state index is 0.0604. The van der Waals surface area contributed by atoms with Gasteiger partial charge in [0, 0.05) is 13.5 Å². The lowest BCUT2D eigenvalue weighted by molar-refractivity contribution is -0.146. The van der Waals surface area contributed by atoms with Crippen molar-refractivity contribution in [1.29, 1.82) is 0 Å². The molecule has 1 saturated carbocycles. The van der Waals surface area contributed by atoms with Crippen LogP contribution >= 0.6 is 0 Å². The van der Waals surface area contributed by atoms with E-state index in [9.17, 15) is 4.79 Å². The van der Waals surface area contributed by atoms with Crippen LogP contribution in [0.1, 0.15) is 53.4 Å². The lowest BCUT2D eigenvalue weighted by Crippen LogP contribution is -2.44. The molecule has 0 saturated heterocycles. The number of hydrogen-bond acceptors (Lipinski definition) is 2. The summed E-state index contributed by atoms with van der Waals surface area (Å²) in [6.45, 7) is 8.45. The van der Waals surface area contributed by atoms with Crippen LogP contribution in [0.5, 0.6) is 0 Å². The van der Waals surface area contributed by atoms with Gasteiger partial charge in [-0.25, -0.2) is 0 Å². The van der Waals surface area contributed by atoms with Gasteiger partial charge in [0.1, 0.15) is 5.60 Å². The van der Waals surface area contributed by atoms with Crippen LogP contribution in [0.15, 0.2) is 0 Å². The van der Waals surface area contributed by atoms with E-state index in [2.05, 4.69) is 27.7 Å². The Morgan fingerprint density at radius 3 is 2.40 bits per heavy atom. The van der Waals surface area contributed by atoms with Gasteiger partial charge < -0.3 is 4.74 Å². The van der Waals surface area contributed by atoms with Gasteiger partial charge in [0.05, 0.1) is 0 Å². The largest absolute Gasteiger partial charge is 0.370 e. The summed E-state index contributed by atoms with van der Waals surface area (Å²) in [5.74, 6) is 0.667. The molecule has 2 nitrogen and oxygen atoms in total. The second-order valence-corrected chi connectivity index (χ2v) is 6.05. The van der Waals surface area contributed by atoms with Crippen LogP contribution in [0.4, 0.5) is 0 Å². The van der Waals surface area contributed by atoms with Crippen LogP contribution in [-0.4, -0.2) is 18.5 Å². The van der Waals surface area contributed by atoms with Gasteiger partial charge >= 0.3 is 0 Å². The summed E-state index contributed by atoms with van der Waals surface area (Å²) >= 11 is 0. The molecule has 0 heterocycles. The molecule has 0 aliphatic heterocycles. The number of hydrogen-bond donors (Lipinski definition) is 0. The van der Waals surface area contributed by atoms with E-state index >= 15 is 0 Å². The molecule has 2 atom stereocenters. The molecule has 0 amide bonds. The normalized spacial score (nSPS) is 31.9. The van der Waals surface area contributed by atoms with Crippen molar-refractivity contribution in [3.63, 3.8) is 0 Å². The third kappa shape index (κ3) is 2.60. The van der Waals surface area contributed by atoms with Gasteiger partial charge in [-0.1, -0.05) is 27.7 Å². The van der Waals surface area contributed by atoms with Crippen LogP contribution in [0.25, 0.3) is 0 Å². The fourth-order valence-corrected chi connectivity index (χ4v) is 2.61. The highest BCUT2D eigenvalue weighted by atomic mass is 16.5. The first-order valence-corrected chi connectivity index (χ1v) is 5.90. The van der Waals surface area contributed by atoms with Gasteiger partial charge in [0.2, 0.25) is 0 Å². The summed E-state index contributed by atoms with van der Waals surface area (Å²) in [4.78, 5) is 12.3. The smallest absolute Gasteiger partial charge is 0.165 e. The highest BCUT2D eigenvalue weighted by Crippen LogP contribution is 2.41. The van der Waals surface area contributed by atoms with Crippen LogP contribution in [0.3, 0.4) is 0 Å². The van der Waals surface area contributed by atoms with Crippen molar-refractivity contribution < 1.29 is 9.53 Å². The Kier molecular flexibility index (Phi) is 3.59. The minimum Gasteiger partial charge on any atom is -0.370 e. The predicted octanol–water partition coefficient (Wildman–Crippen LogP) is 3.20. The van der Waals surface area contributed by atoms with Crippen LogP contribution in [0.2, 0.25) is 0 Å². The van der Waals surface area contributed by atoms with Crippen molar-refractivity contribution in [3.05, 3.63) is 0 Å². The molecule has 1 aliphatic rings. The fourth-order valence-electron chi connectivity index (χ4n) is 2.61. The number of rotatable bonds is 3. The second kappa shape index (κ2) is 4.25. The molecular formula is C13H24O2. The maximum Gasteiger partial charge on any atom is 0.165 e. The third-order valence-corrected chi connectivity index (χ3v) is 3.51. The van der Waals surface area contributed by atoms with Crippen molar-refractivity contribution >= 4 is 5.78 Å². The van der Waals surface area contributed by atoms with Crippen molar-refractivity contribution in [2.75, 3.05) is 7.11 Å². The Labute approximate surface area is 93.4 Å². The van der Waals surface area contributed by atoms with Gasteiger partial charge in [0.25, 0.3) is 0 Å². The van der Waals surface area contributed by atoms with Crippen molar-refractivity contribution in [3.8, 4) is 0 Å². The molecule has 0 spiro atoms. The molecule has 2 unspecified atom stereocenters. The second-order valence-electron chi connectivity index (χ2n) is 6.05. The molecule has 2 heteroatoms. The minimum atomic E-state index is -0.479. The number of methoxy groups -OCH3 is 1. The quantitative estimate of drug-likeness (QED) is 0.718. The monoisotopic (exact) mass is 212 g/mol. The van der Waals surface area contributed by atoms with E-state index in [4.69, 9.17) is 4.74 Å². The van der Waals surface area contributed by atoms with Crippen LogP contribution < -0.4 is 0 Å². The molecule has 88 valence electrons. The summed E-state index contributed by atoms with van der Waals surface area (Å²) in [6, 6.07) is 0. The molecule has 1 fully saturated rings. The first-order valence-electron chi connectivity index (χ1n) is 5.90. The Balaban J connectivity index is 2.79. The highest BCUT2D eigenvalue weighted by molar-refractivity contribution is 5.88. The molecular weight excluding hydrogens is 188 g/mol. The molecule has 1 aliphatic carbocycles. The number of carbonyl (C=O) groups is 1. The van der Waals surface area contributed by atoms with Gasteiger partial charge in [0.15, 0.2) is 5.78 Å². The van der Waals surface area contributed by atoms with Crippen molar-refractivity contribution in [1.82, 2.24) is 0 Å². The summed E-state index contributed by atoms with van der Waals surface area (Å²) in [5, 5.41) is 0. The summed E-state index contributed by atoms with van der Waals surface area (Å²) < 4.78 is 5.57. The molecule has 0 aromatic heterocycles. The number of carbonyl (C=O) groups excluding carboxylic acids is 1. The van der Waals surface area contributed by atoms with Crippen LogP contribution in [-0.2, 0) is 9.53 Å². The van der Waals surface area contributed by atoms with Crippen molar-refractivity contribution in [2.45, 2.75) is 59.0 Å². The lowest BCUT2D eigenvalue weighted by Gasteiger charge is -2.33. The highest BCUT2D eigenvalue weighted by Gasteiger charge is 2.47. The average molecular weight is 212 g/mol. The number of ether oxygens (including phenoxy) is 1. The van der Waals surface area contributed by atoms with Crippen molar-refractivity contribution in [2.24, 2.45) is 11.3 Å². The van der Waals surface area contributed by atoms with Gasteiger partial charge in [-0.15, -0.1) is 0 Å². The molecule has 0 N–H and O–H groups in total. The van der Waals surface area contributed by atoms with E-state index in [0.717, 1.165) is 19.3 Å². The van der Waals surface area contributed by atoms with Gasteiger partial charge in [-0.3, -0.25) is 4.79 Å². The molecule has 0 aromatic carbocycles. The number of Topliss-reactive ketones (excluding diaryl/α,β-unsaturated/α-hetero) is 1. The Morgan fingerprint density at radius 2 is 2.07 bits per heavy atom. The molecule has 0 aromatic rings. The SMILES string of the molecule is COC1(C(=O)CC(C)(C)C)CCCC1C. The van der Waals surface area contributed by atoms with E-state index in [1.54, 1.807) is 7.11 Å². The Hall–Kier alpha value is -0.370. The number of ketones is 1. The average Bonchev–Trinajstić information content (AvgIpc) is 2.44. The van der Waals surface area contributed by atoms with Crippen LogP contribution in [0, 0.1) is 11.3 Å². The zero-order chi connectivity index (χ0) is 11.7. The Morgan fingerprint density at radius 1 is 1.47 bits per heavy atom. The van der Waals surface area contributed by atoms with E-state index in [-0.39, 0.29) is 5.41 Å². The molecule has 15 heavy (non-hydrogen) atoms. The Bertz CT molecular complexity index is 239. The fraction of sp³-hybridized carbons (Fsp3) is 0.923.